The maximum atomic E-state index is 12.9. The first-order valence-electron chi connectivity index (χ1n) is 6.08. The molecule has 0 aromatic carbocycles. The molecular weight excluding hydrogens is 269 g/mol. The Hall–Kier alpha value is -1.37. The zero-order valence-electron chi connectivity index (χ0n) is 11.5. The zero-order chi connectivity index (χ0) is 14.2. The zero-order valence-corrected chi connectivity index (χ0v) is 12.3. The van der Waals surface area contributed by atoms with Gasteiger partial charge in [0, 0.05) is 20.1 Å². The number of likely N-dealkylation sites (N-methyl/N-ethyl adjacent to an activating group) is 1. The number of aromatic nitrogens is 1. The van der Waals surface area contributed by atoms with Gasteiger partial charge in [0.15, 0.2) is 10.3 Å². The lowest BCUT2D eigenvalue weighted by Crippen LogP contribution is -2.61. The molecule has 0 radical (unpaired) electrons. The highest BCUT2D eigenvalue weighted by Gasteiger charge is 2.36. The fourth-order valence-corrected chi connectivity index (χ4v) is 2.42. The standard InChI is InChI=1S/C12H18FN3O2S/c1-12(2,3)18-11(17)16-6-8(7-16)15(4)10-14-5-9(13)19-10/h5,8H,6-7H2,1-4H3. The SMILES string of the molecule is CN(c1ncc(F)s1)C1CN(C(=O)OC(C)(C)C)C1. The monoisotopic (exact) mass is 287 g/mol. The number of ether oxygens (including phenoxy) is 1. The molecule has 1 aliphatic rings. The minimum atomic E-state index is -0.480. The van der Waals surface area contributed by atoms with Crippen LogP contribution in [-0.4, -0.2) is 47.8 Å². The van der Waals surface area contributed by atoms with E-state index >= 15 is 0 Å². The third-order valence-corrected chi connectivity index (χ3v) is 3.71. The van der Waals surface area contributed by atoms with Gasteiger partial charge in [0.25, 0.3) is 0 Å². The van der Waals surface area contributed by atoms with E-state index in [1.807, 2.05) is 32.7 Å². The highest BCUT2D eigenvalue weighted by molar-refractivity contribution is 7.14. The minimum absolute atomic E-state index is 0.165. The Morgan fingerprint density at radius 1 is 1.58 bits per heavy atom. The second-order valence-corrected chi connectivity index (χ2v) is 6.56. The number of halogens is 1. The Labute approximate surface area is 116 Å². The van der Waals surface area contributed by atoms with Crippen molar-refractivity contribution in [3.8, 4) is 0 Å². The van der Waals surface area contributed by atoms with Gasteiger partial charge in [-0.2, -0.15) is 4.39 Å². The quantitative estimate of drug-likeness (QED) is 0.837. The number of rotatable bonds is 2. The van der Waals surface area contributed by atoms with Crippen molar-refractivity contribution in [2.45, 2.75) is 32.4 Å². The van der Waals surface area contributed by atoms with Gasteiger partial charge in [-0.05, 0) is 20.8 Å². The number of hydrogen-bond donors (Lipinski definition) is 0. The van der Waals surface area contributed by atoms with Gasteiger partial charge in [-0.25, -0.2) is 9.78 Å². The molecule has 0 spiro atoms. The van der Waals surface area contributed by atoms with Crippen LogP contribution in [0.25, 0.3) is 0 Å². The summed E-state index contributed by atoms with van der Waals surface area (Å²) >= 11 is 1.01. The Balaban J connectivity index is 1.84. The number of thiazole rings is 1. The molecule has 106 valence electrons. The summed E-state index contributed by atoms with van der Waals surface area (Å²) < 4.78 is 18.2. The van der Waals surface area contributed by atoms with Gasteiger partial charge in [-0.1, -0.05) is 11.3 Å². The third-order valence-electron chi connectivity index (χ3n) is 2.83. The molecule has 0 bridgehead atoms. The largest absolute Gasteiger partial charge is 0.444 e. The Bertz CT molecular complexity index is 466. The topological polar surface area (TPSA) is 45.7 Å². The number of likely N-dealkylation sites (tertiary alicyclic amines) is 1. The Morgan fingerprint density at radius 2 is 2.21 bits per heavy atom. The number of nitrogens with zero attached hydrogens (tertiary/aromatic N) is 3. The van der Waals surface area contributed by atoms with E-state index < -0.39 is 5.60 Å². The average Bonchev–Trinajstić information content (AvgIpc) is 2.59. The molecule has 5 nitrogen and oxygen atoms in total. The van der Waals surface area contributed by atoms with E-state index in [0.717, 1.165) is 11.3 Å². The van der Waals surface area contributed by atoms with E-state index in [9.17, 15) is 9.18 Å². The van der Waals surface area contributed by atoms with Crippen molar-refractivity contribution in [1.29, 1.82) is 0 Å². The van der Waals surface area contributed by atoms with E-state index in [1.165, 1.54) is 6.20 Å². The lowest BCUT2D eigenvalue weighted by Gasteiger charge is -2.43. The third kappa shape index (κ3) is 3.34. The first-order valence-corrected chi connectivity index (χ1v) is 6.90. The average molecular weight is 287 g/mol. The molecule has 1 aromatic heterocycles. The van der Waals surface area contributed by atoms with Crippen molar-refractivity contribution in [3.05, 3.63) is 11.3 Å². The first kappa shape index (κ1) is 14.0. The van der Waals surface area contributed by atoms with Crippen molar-refractivity contribution in [3.63, 3.8) is 0 Å². The van der Waals surface area contributed by atoms with Crippen molar-refractivity contribution >= 4 is 22.6 Å². The van der Waals surface area contributed by atoms with Crippen LogP contribution in [-0.2, 0) is 4.74 Å². The van der Waals surface area contributed by atoms with Crippen molar-refractivity contribution in [1.82, 2.24) is 9.88 Å². The first-order chi connectivity index (χ1) is 8.76. The molecule has 19 heavy (non-hydrogen) atoms. The molecule has 0 aliphatic carbocycles. The number of anilines is 1. The summed E-state index contributed by atoms with van der Waals surface area (Å²) in [5.74, 6) is 0. The lowest BCUT2D eigenvalue weighted by atomic mass is 10.1. The fourth-order valence-electron chi connectivity index (χ4n) is 1.74. The molecule has 0 saturated carbocycles. The summed E-state index contributed by atoms with van der Waals surface area (Å²) in [6.45, 7) is 6.67. The second kappa shape index (κ2) is 4.96. The molecule has 1 aliphatic heterocycles. The van der Waals surface area contributed by atoms with Crippen LogP contribution in [0.4, 0.5) is 14.3 Å². The van der Waals surface area contributed by atoms with Crippen LogP contribution in [0.2, 0.25) is 0 Å². The summed E-state index contributed by atoms with van der Waals surface area (Å²) in [6.07, 6.45) is 0.906. The number of hydrogen-bond acceptors (Lipinski definition) is 5. The van der Waals surface area contributed by atoms with Gasteiger partial charge in [0.05, 0.1) is 12.2 Å². The van der Waals surface area contributed by atoms with Crippen LogP contribution < -0.4 is 4.90 Å². The normalized spacial score (nSPS) is 16.2. The Kier molecular flexibility index (Phi) is 3.66. The molecule has 1 saturated heterocycles. The van der Waals surface area contributed by atoms with E-state index in [2.05, 4.69) is 4.98 Å². The molecule has 7 heteroatoms. The van der Waals surface area contributed by atoms with Gasteiger partial charge in [0.1, 0.15) is 5.60 Å². The smallest absolute Gasteiger partial charge is 0.410 e. The van der Waals surface area contributed by atoms with Gasteiger partial charge in [-0.3, -0.25) is 0 Å². The summed E-state index contributed by atoms with van der Waals surface area (Å²) in [7, 11) is 1.86. The van der Waals surface area contributed by atoms with Crippen molar-refractivity contribution in [2.24, 2.45) is 0 Å². The highest BCUT2D eigenvalue weighted by Crippen LogP contribution is 2.26. The van der Waals surface area contributed by atoms with E-state index in [-0.39, 0.29) is 17.3 Å². The van der Waals surface area contributed by atoms with Gasteiger partial charge in [0.2, 0.25) is 0 Å². The predicted octanol–water partition coefficient (Wildman–Crippen LogP) is 2.34. The van der Waals surface area contributed by atoms with Crippen LogP contribution >= 0.6 is 11.3 Å². The highest BCUT2D eigenvalue weighted by atomic mass is 32.1. The predicted molar refractivity (Wildman–Crippen MR) is 72.1 cm³/mol. The van der Waals surface area contributed by atoms with E-state index in [4.69, 9.17) is 4.74 Å². The second-order valence-electron chi connectivity index (χ2n) is 5.60. The Morgan fingerprint density at radius 3 is 2.68 bits per heavy atom. The van der Waals surface area contributed by atoms with Gasteiger partial charge >= 0.3 is 6.09 Å². The summed E-state index contributed by atoms with van der Waals surface area (Å²) in [4.78, 5) is 19.3. The van der Waals surface area contributed by atoms with Crippen LogP contribution in [0, 0.1) is 5.13 Å². The molecular formula is C12H18FN3O2S. The maximum Gasteiger partial charge on any atom is 0.410 e. The molecule has 2 rings (SSSR count). The number of amides is 1. The molecule has 0 atom stereocenters. The van der Waals surface area contributed by atoms with Crippen molar-refractivity contribution in [2.75, 3.05) is 25.0 Å². The summed E-state index contributed by atoms with van der Waals surface area (Å²) in [5, 5.41) is 0.330. The van der Waals surface area contributed by atoms with Crippen molar-refractivity contribution < 1.29 is 13.9 Å². The molecule has 2 heterocycles. The summed E-state index contributed by atoms with van der Waals surface area (Å²) in [6, 6.07) is 0.165. The van der Waals surface area contributed by atoms with Gasteiger partial charge < -0.3 is 14.5 Å². The molecule has 1 fully saturated rings. The number of carbonyl (C=O) groups excluding carboxylic acids is 1. The summed E-state index contributed by atoms with van der Waals surface area (Å²) in [5.41, 5.74) is -0.480. The van der Waals surface area contributed by atoms with E-state index in [0.29, 0.717) is 18.2 Å². The number of carbonyl (C=O) groups is 1. The van der Waals surface area contributed by atoms with E-state index in [1.54, 1.807) is 4.90 Å². The minimum Gasteiger partial charge on any atom is -0.444 e. The van der Waals surface area contributed by atoms with Crippen LogP contribution in [0.1, 0.15) is 20.8 Å². The molecule has 0 N–H and O–H groups in total. The fraction of sp³-hybridized carbons (Fsp3) is 0.667. The maximum absolute atomic E-state index is 12.9. The van der Waals surface area contributed by atoms with Crippen LogP contribution in [0.15, 0.2) is 6.20 Å². The molecule has 0 unspecified atom stereocenters. The lowest BCUT2D eigenvalue weighted by molar-refractivity contribution is 0.00852. The molecule has 1 aromatic rings. The molecule has 1 amide bonds. The van der Waals surface area contributed by atoms with Crippen LogP contribution in [0.5, 0.6) is 0 Å². The van der Waals surface area contributed by atoms with Crippen LogP contribution in [0.3, 0.4) is 0 Å². The van der Waals surface area contributed by atoms with Gasteiger partial charge in [-0.15, -0.1) is 0 Å².